The van der Waals surface area contributed by atoms with Gasteiger partial charge in [0.1, 0.15) is 0 Å². The second-order valence-corrected chi connectivity index (χ2v) is 5.68. The first-order valence-electron chi connectivity index (χ1n) is 7.31. The summed E-state index contributed by atoms with van der Waals surface area (Å²) in [6, 6.07) is 5.73. The van der Waals surface area contributed by atoms with Crippen LogP contribution < -0.4 is 11.1 Å². The number of aryl methyl sites for hydroxylation is 1. The molecule has 0 aliphatic heterocycles. The van der Waals surface area contributed by atoms with Gasteiger partial charge in [0.15, 0.2) is 0 Å². The van der Waals surface area contributed by atoms with Gasteiger partial charge in [-0.2, -0.15) is 0 Å². The van der Waals surface area contributed by atoms with E-state index < -0.39 is 0 Å². The van der Waals surface area contributed by atoms with Crippen LogP contribution >= 0.6 is 0 Å². The molecule has 1 aliphatic rings. The Hall–Kier alpha value is -1.51. The van der Waals surface area contributed by atoms with E-state index in [4.69, 9.17) is 5.73 Å². The van der Waals surface area contributed by atoms with Gasteiger partial charge in [0, 0.05) is 6.42 Å². The van der Waals surface area contributed by atoms with E-state index in [-0.39, 0.29) is 5.91 Å². The first-order valence-corrected chi connectivity index (χ1v) is 7.31. The number of carbonyl (C=O) groups is 1. The van der Waals surface area contributed by atoms with Crippen molar-refractivity contribution in [2.45, 2.75) is 51.9 Å². The lowest BCUT2D eigenvalue weighted by molar-refractivity contribution is -0.116. The second-order valence-electron chi connectivity index (χ2n) is 5.68. The molecule has 3 nitrogen and oxygen atoms in total. The molecule has 0 spiro atoms. The molecule has 2 rings (SSSR count). The van der Waals surface area contributed by atoms with E-state index in [0.29, 0.717) is 12.1 Å². The van der Waals surface area contributed by atoms with Crippen LogP contribution in [-0.4, -0.2) is 5.91 Å². The summed E-state index contributed by atoms with van der Waals surface area (Å²) >= 11 is 0. The van der Waals surface area contributed by atoms with Gasteiger partial charge in [0.05, 0.1) is 11.4 Å². The molecular formula is C16H24N2O. The maximum atomic E-state index is 11.9. The van der Waals surface area contributed by atoms with Crippen molar-refractivity contribution in [1.29, 1.82) is 0 Å². The van der Waals surface area contributed by atoms with Crippen LogP contribution in [0.2, 0.25) is 0 Å². The Balaban J connectivity index is 1.80. The van der Waals surface area contributed by atoms with E-state index in [1.165, 1.54) is 32.1 Å². The molecule has 1 aromatic carbocycles. The zero-order valence-electron chi connectivity index (χ0n) is 11.7. The molecule has 19 heavy (non-hydrogen) atoms. The molecule has 1 aromatic rings. The average Bonchev–Trinajstić information content (AvgIpc) is 2.41. The van der Waals surface area contributed by atoms with Gasteiger partial charge in [-0.25, -0.2) is 0 Å². The van der Waals surface area contributed by atoms with Gasteiger partial charge in [0.2, 0.25) is 5.91 Å². The largest absolute Gasteiger partial charge is 0.397 e. The predicted molar refractivity (Wildman–Crippen MR) is 80.0 cm³/mol. The third-order valence-electron chi connectivity index (χ3n) is 3.99. The monoisotopic (exact) mass is 260 g/mol. The Labute approximate surface area is 115 Å². The number of nitrogens with one attached hydrogen (secondary N) is 1. The van der Waals surface area contributed by atoms with Crippen molar-refractivity contribution in [2.75, 3.05) is 11.1 Å². The summed E-state index contributed by atoms with van der Waals surface area (Å²) in [7, 11) is 0. The quantitative estimate of drug-likeness (QED) is 0.807. The number of nitrogen functional groups attached to an aromatic ring is 1. The Bertz CT molecular complexity index is 436. The van der Waals surface area contributed by atoms with Crippen LogP contribution in [0.5, 0.6) is 0 Å². The number of rotatable bonds is 4. The van der Waals surface area contributed by atoms with E-state index in [1.54, 1.807) is 0 Å². The number of nitrogens with two attached hydrogens (primary N) is 1. The van der Waals surface area contributed by atoms with E-state index in [0.717, 1.165) is 23.6 Å². The molecule has 0 aromatic heterocycles. The minimum atomic E-state index is 0.0844. The highest BCUT2D eigenvalue weighted by atomic mass is 16.1. The summed E-state index contributed by atoms with van der Waals surface area (Å²) < 4.78 is 0. The smallest absolute Gasteiger partial charge is 0.224 e. The predicted octanol–water partition coefficient (Wildman–Crippen LogP) is 3.88. The van der Waals surface area contributed by atoms with Crippen molar-refractivity contribution in [3.63, 3.8) is 0 Å². The summed E-state index contributed by atoms with van der Waals surface area (Å²) in [6.07, 6.45) is 8.23. The van der Waals surface area contributed by atoms with Gasteiger partial charge in [-0.3, -0.25) is 4.79 Å². The van der Waals surface area contributed by atoms with Gasteiger partial charge in [-0.1, -0.05) is 38.2 Å². The maximum Gasteiger partial charge on any atom is 0.224 e. The highest BCUT2D eigenvalue weighted by molar-refractivity contribution is 5.93. The van der Waals surface area contributed by atoms with Crippen LogP contribution in [0, 0.1) is 12.8 Å². The summed E-state index contributed by atoms with van der Waals surface area (Å²) in [5.41, 5.74) is 8.38. The Kier molecular flexibility index (Phi) is 4.83. The zero-order valence-corrected chi connectivity index (χ0v) is 11.7. The van der Waals surface area contributed by atoms with Gasteiger partial charge in [0.25, 0.3) is 0 Å². The van der Waals surface area contributed by atoms with Gasteiger partial charge in [-0.05, 0) is 37.0 Å². The molecule has 3 N–H and O–H groups in total. The van der Waals surface area contributed by atoms with Gasteiger partial charge >= 0.3 is 0 Å². The van der Waals surface area contributed by atoms with Crippen LogP contribution in [0.1, 0.15) is 50.5 Å². The highest BCUT2D eigenvalue weighted by Gasteiger charge is 2.15. The maximum absolute atomic E-state index is 11.9. The zero-order chi connectivity index (χ0) is 13.7. The minimum Gasteiger partial charge on any atom is -0.397 e. The third-order valence-corrected chi connectivity index (χ3v) is 3.99. The van der Waals surface area contributed by atoms with E-state index >= 15 is 0 Å². The van der Waals surface area contributed by atoms with Crippen molar-refractivity contribution < 1.29 is 4.79 Å². The summed E-state index contributed by atoms with van der Waals surface area (Å²) in [6.45, 7) is 1.99. The highest BCUT2D eigenvalue weighted by Crippen LogP contribution is 2.27. The Morgan fingerprint density at radius 3 is 2.74 bits per heavy atom. The van der Waals surface area contributed by atoms with E-state index in [9.17, 15) is 4.79 Å². The lowest BCUT2D eigenvalue weighted by Crippen LogP contribution is -2.15. The van der Waals surface area contributed by atoms with Gasteiger partial charge < -0.3 is 11.1 Å². The SMILES string of the molecule is Cc1ccc(NC(=O)CCC2CCCCC2)c(N)c1. The Morgan fingerprint density at radius 2 is 2.05 bits per heavy atom. The van der Waals surface area contributed by atoms with Crippen LogP contribution in [0.25, 0.3) is 0 Å². The first-order chi connectivity index (χ1) is 9.15. The topological polar surface area (TPSA) is 55.1 Å². The van der Waals surface area contributed by atoms with Crippen molar-refractivity contribution in [3.05, 3.63) is 23.8 Å². The summed E-state index contributed by atoms with van der Waals surface area (Å²) in [5.74, 6) is 0.830. The fourth-order valence-corrected chi connectivity index (χ4v) is 2.82. The number of anilines is 2. The van der Waals surface area contributed by atoms with E-state index in [1.807, 2.05) is 25.1 Å². The number of amides is 1. The van der Waals surface area contributed by atoms with Gasteiger partial charge in [-0.15, -0.1) is 0 Å². The molecule has 0 bridgehead atoms. The van der Waals surface area contributed by atoms with Crippen LogP contribution in [0.4, 0.5) is 11.4 Å². The summed E-state index contributed by atoms with van der Waals surface area (Å²) in [4.78, 5) is 11.9. The summed E-state index contributed by atoms with van der Waals surface area (Å²) in [5, 5.41) is 2.91. The minimum absolute atomic E-state index is 0.0844. The molecule has 0 atom stereocenters. The lowest BCUT2D eigenvalue weighted by Gasteiger charge is -2.21. The molecule has 104 valence electrons. The average molecular weight is 260 g/mol. The molecule has 1 saturated carbocycles. The number of carbonyl (C=O) groups excluding carboxylic acids is 1. The fourth-order valence-electron chi connectivity index (χ4n) is 2.82. The molecule has 0 unspecified atom stereocenters. The van der Waals surface area contributed by atoms with Crippen molar-refractivity contribution in [1.82, 2.24) is 0 Å². The molecule has 1 aliphatic carbocycles. The van der Waals surface area contributed by atoms with Crippen molar-refractivity contribution in [2.24, 2.45) is 5.92 Å². The lowest BCUT2D eigenvalue weighted by atomic mass is 9.86. The van der Waals surface area contributed by atoms with Crippen LogP contribution in [0.3, 0.4) is 0 Å². The third kappa shape index (κ3) is 4.27. The molecular weight excluding hydrogens is 236 g/mol. The molecule has 0 saturated heterocycles. The molecule has 1 amide bonds. The normalized spacial score (nSPS) is 16.3. The molecule has 0 heterocycles. The first kappa shape index (κ1) is 13.9. The molecule has 0 radical (unpaired) electrons. The van der Waals surface area contributed by atoms with Crippen LogP contribution in [0.15, 0.2) is 18.2 Å². The molecule has 3 heteroatoms. The Morgan fingerprint density at radius 1 is 1.32 bits per heavy atom. The second kappa shape index (κ2) is 6.60. The van der Waals surface area contributed by atoms with Crippen molar-refractivity contribution >= 4 is 17.3 Å². The van der Waals surface area contributed by atoms with E-state index in [2.05, 4.69) is 5.32 Å². The van der Waals surface area contributed by atoms with Crippen LogP contribution in [-0.2, 0) is 4.79 Å². The van der Waals surface area contributed by atoms with Crippen molar-refractivity contribution in [3.8, 4) is 0 Å². The molecule has 1 fully saturated rings. The number of hydrogen-bond donors (Lipinski definition) is 2. The number of hydrogen-bond acceptors (Lipinski definition) is 2. The number of benzene rings is 1. The fraction of sp³-hybridized carbons (Fsp3) is 0.562. The standard InChI is InChI=1S/C16H24N2O/c1-12-7-9-15(14(17)11-12)18-16(19)10-8-13-5-3-2-4-6-13/h7,9,11,13H,2-6,8,10,17H2,1H3,(H,18,19).